The summed E-state index contributed by atoms with van der Waals surface area (Å²) >= 11 is 1.64. The summed E-state index contributed by atoms with van der Waals surface area (Å²) < 4.78 is 10.8. The molecule has 2 atom stereocenters. The molecule has 0 radical (unpaired) electrons. The molecule has 0 saturated heterocycles. The molecular formula is C30H36N2O4S. The molecule has 6 nitrogen and oxygen atoms in total. The molecule has 2 aromatic carbocycles. The van der Waals surface area contributed by atoms with Gasteiger partial charge in [0.05, 0.1) is 27.3 Å². The van der Waals surface area contributed by atoms with E-state index >= 15 is 0 Å². The topological polar surface area (TPSA) is 59.1 Å². The Morgan fingerprint density at radius 2 is 1.73 bits per heavy atom. The summed E-state index contributed by atoms with van der Waals surface area (Å²) in [5.41, 5.74) is 2.27. The van der Waals surface area contributed by atoms with E-state index in [1.807, 2.05) is 65.7 Å². The van der Waals surface area contributed by atoms with E-state index < -0.39 is 0 Å². The van der Waals surface area contributed by atoms with Crippen molar-refractivity contribution in [1.29, 1.82) is 0 Å². The number of amides is 2. The van der Waals surface area contributed by atoms with Crippen LogP contribution in [0, 0.1) is 5.92 Å². The fourth-order valence-corrected chi connectivity index (χ4v) is 5.47. The van der Waals surface area contributed by atoms with Crippen LogP contribution in [0.4, 0.5) is 0 Å². The first-order valence-corrected chi connectivity index (χ1v) is 13.8. The van der Waals surface area contributed by atoms with Gasteiger partial charge in [-0.25, -0.2) is 0 Å². The van der Waals surface area contributed by atoms with Crippen molar-refractivity contribution < 1.29 is 19.1 Å². The van der Waals surface area contributed by atoms with Gasteiger partial charge >= 0.3 is 0 Å². The number of rotatable bonds is 13. The first-order valence-electron chi connectivity index (χ1n) is 12.9. The highest BCUT2D eigenvalue weighted by atomic mass is 32.1. The molecule has 0 bridgehead atoms. The molecule has 1 saturated carbocycles. The predicted octanol–water partition coefficient (Wildman–Crippen LogP) is 5.38. The number of hydrogen-bond donors (Lipinski definition) is 0. The molecule has 3 aromatic rings. The van der Waals surface area contributed by atoms with Crippen LogP contribution in [0.1, 0.15) is 41.7 Å². The summed E-state index contributed by atoms with van der Waals surface area (Å²) in [5, 5.41) is 2.02. The van der Waals surface area contributed by atoms with Crippen molar-refractivity contribution in [2.24, 2.45) is 5.92 Å². The van der Waals surface area contributed by atoms with Crippen LogP contribution in [0.2, 0.25) is 0 Å². The highest BCUT2D eigenvalue weighted by Gasteiger charge is 2.45. The number of nitrogens with zero attached hydrogens (tertiary/aromatic N) is 2. The lowest BCUT2D eigenvalue weighted by atomic mass is 10.1. The average Bonchev–Trinajstić information content (AvgIpc) is 3.57. The summed E-state index contributed by atoms with van der Waals surface area (Å²) in [6, 6.07) is 20.1. The molecule has 37 heavy (non-hydrogen) atoms. The summed E-state index contributed by atoms with van der Waals surface area (Å²) in [5.74, 6) is 1.66. The standard InChI is InChI=1S/C30H36N2O4S/c1-4-15-32(30(34)26-19-25(26)23-9-6-5-7-10-23)21-29(33)31(20-24-11-8-17-37-24)16-14-22-12-13-27(35-2)28(18-22)36-3/h5-13,17-18,25-26H,4,14-16,19-21H2,1-3H3. The molecule has 1 heterocycles. The maximum absolute atomic E-state index is 13.6. The van der Waals surface area contributed by atoms with E-state index in [0.717, 1.165) is 23.3 Å². The van der Waals surface area contributed by atoms with E-state index in [2.05, 4.69) is 12.1 Å². The second-order valence-corrected chi connectivity index (χ2v) is 10.5. The molecule has 1 fully saturated rings. The third-order valence-electron chi connectivity index (χ3n) is 6.86. The highest BCUT2D eigenvalue weighted by Crippen LogP contribution is 2.48. The SMILES string of the molecule is CCCN(CC(=O)N(CCc1ccc(OC)c(OC)c1)Cc1cccs1)C(=O)C1CC1c1ccccc1. The van der Waals surface area contributed by atoms with Gasteiger partial charge in [0.2, 0.25) is 11.8 Å². The van der Waals surface area contributed by atoms with E-state index in [-0.39, 0.29) is 30.2 Å². The molecular weight excluding hydrogens is 484 g/mol. The van der Waals surface area contributed by atoms with Gasteiger partial charge in [-0.3, -0.25) is 9.59 Å². The Labute approximate surface area is 223 Å². The van der Waals surface area contributed by atoms with E-state index in [1.54, 1.807) is 30.5 Å². The van der Waals surface area contributed by atoms with Crippen LogP contribution < -0.4 is 9.47 Å². The lowest BCUT2D eigenvalue weighted by molar-refractivity contribution is -0.141. The fraction of sp³-hybridized carbons (Fsp3) is 0.400. The first kappa shape index (κ1) is 26.7. The van der Waals surface area contributed by atoms with Crippen molar-refractivity contribution in [3.63, 3.8) is 0 Å². The predicted molar refractivity (Wildman–Crippen MR) is 147 cm³/mol. The smallest absolute Gasteiger partial charge is 0.242 e. The maximum atomic E-state index is 13.6. The van der Waals surface area contributed by atoms with Gasteiger partial charge in [0.25, 0.3) is 0 Å². The van der Waals surface area contributed by atoms with Crippen LogP contribution in [-0.4, -0.2) is 55.5 Å². The number of hydrogen-bond acceptors (Lipinski definition) is 5. The molecule has 196 valence electrons. The quantitative estimate of drug-likeness (QED) is 0.304. The third kappa shape index (κ3) is 6.92. The van der Waals surface area contributed by atoms with E-state index in [9.17, 15) is 9.59 Å². The molecule has 1 aromatic heterocycles. The number of benzene rings is 2. The first-order chi connectivity index (χ1) is 18.0. The number of methoxy groups -OCH3 is 2. The Bertz CT molecular complexity index is 1170. The summed E-state index contributed by atoms with van der Waals surface area (Å²) in [7, 11) is 3.24. The second-order valence-electron chi connectivity index (χ2n) is 9.45. The van der Waals surface area contributed by atoms with Crippen LogP contribution in [0.25, 0.3) is 0 Å². The Kier molecular flexibility index (Phi) is 9.23. The number of ether oxygens (including phenoxy) is 2. The average molecular weight is 521 g/mol. The highest BCUT2D eigenvalue weighted by molar-refractivity contribution is 7.09. The van der Waals surface area contributed by atoms with Crippen molar-refractivity contribution in [2.75, 3.05) is 33.9 Å². The molecule has 2 unspecified atom stereocenters. The van der Waals surface area contributed by atoms with E-state index in [0.29, 0.717) is 37.6 Å². The second kappa shape index (κ2) is 12.8. The van der Waals surface area contributed by atoms with Gasteiger partial charge in [-0.05, 0) is 59.9 Å². The van der Waals surface area contributed by atoms with Gasteiger partial charge in [-0.15, -0.1) is 11.3 Å². The minimum Gasteiger partial charge on any atom is -0.493 e. The van der Waals surface area contributed by atoms with Crippen molar-refractivity contribution in [3.8, 4) is 11.5 Å². The van der Waals surface area contributed by atoms with Gasteiger partial charge in [0.1, 0.15) is 0 Å². The van der Waals surface area contributed by atoms with E-state index in [1.165, 1.54) is 5.56 Å². The van der Waals surface area contributed by atoms with Crippen molar-refractivity contribution in [2.45, 2.75) is 38.6 Å². The third-order valence-corrected chi connectivity index (χ3v) is 7.73. The van der Waals surface area contributed by atoms with Crippen LogP contribution in [0.15, 0.2) is 66.0 Å². The molecule has 0 aliphatic heterocycles. The monoisotopic (exact) mass is 520 g/mol. The lowest BCUT2D eigenvalue weighted by Crippen LogP contribution is -2.44. The zero-order valence-electron chi connectivity index (χ0n) is 21.9. The maximum Gasteiger partial charge on any atom is 0.242 e. The summed E-state index contributed by atoms with van der Waals surface area (Å²) in [6.45, 7) is 3.84. The van der Waals surface area contributed by atoms with Crippen LogP contribution in [0.3, 0.4) is 0 Å². The summed E-state index contributed by atoms with van der Waals surface area (Å²) in [6.07, 6.45) is 2.35. The normalized spacial score (nSPS) is 16.2. The Balaban J connectivity index is 1.44. The van der Waals surface area contributed by atoms with Crippen molar-refractivity contribution >= 4 is 23.2 Å². The Morgan fingerprint density at radius 3 is 2.41 bits per heavy atom. The minimum atomic E-state index is -0.0285. The molecule has 1 aliphatic carbocycles. The number of carbonyl (C=O) groups is 2. The van der Waals surface area contributed by atoms with Crippen LogP contribution in [-0.2, 0) is 22.6 Å². The van der Waals surface area contributed by atoms with E-state index in [4.69, 9.17) is 9.47 Å². The molecule has 0 N–H and O–H groups in total. The van der Waals surface area contributed by atoms with Gasteiger partial charge in [-0.1, -0.05) is 49.4 Å². The van der Waals surface area contributed by atoms with Crippen molar-refractivity contribution in [1.82, 2.24) is 9.80 Å². The molecule has 0 spiro atoms. The lowest BCUT2D eigenvalue weighted by Gasteiger charge is -2.28. The Hall–Kier alpha value is -3.32. The van der Waals surface area contributed by atoms with Crippen LogP contribution in [0.5, 0.6) is 11.5 Å². The van der Waals surface area contributed by atoms with Gasteiger partial charge in [0, 0.05) is 23.9 Å². The zero-order valence-corrected chi connectivity index (χ0v) is 22.7. The Morgan fingerprint density at radius 1 is 0.946 bits per heavy atom. The molecule has 4 rings (SSSR count). The van der Waals surface area contributed by atoms with Gasteiger partial charge in [0.15, 0.2) is 11.5 Å². The van der Waals surface area contributed by atoms with Gasteiger partial charge in [-0.2, -0.15) is 0 Å². The largest absolute Gasteiger partial charge is 0.493 e. The molecule has 7 heteroatoms. The van der Waals surface area contributed by atoms with Crippen molar-refractivity contribution in [3.05, 3.63) is 82.0 Å². The summed E-state index contributed by atoms with van der Waals surface area (Å²) in [4.78, 5) is 31.8. The molecule has 2 amide bonds. The van der Waals surface area contributed by atoms with Gasteiger partial charge < -0.3 is 19.3 Å². The molecule has 1 aliphatic rings. The zero-order chi connectivity index (χ0) is 26.2. The van der Waals surface area contributed by atoms with Crippen LogP contribution >= 0.6 is 11.3 Å². The fourth-order valence-electron chi connectivity index (χ4n) is 4.75. The number of thiophene rings is 1. The number of carbonyl (C=O) groups excluding carboxylic acids is 2. The minimum absolute atomic E-state index is 0.0208.